The van der Waals surface area contributed by atoms with Gasteiger partial charge in [0.1, 0.15) is 0 Å². The first-order valence-electron chi connectivity index (χ1n) is 4.10. The van der Waals surface area contributed by atoms with E-state index in [0.717, 1.165) is 0 Å². The number of carbonyl (C=O) groups excluding carboxylic acids is 1. The Hall–Kier alpha value is -0.690. The van der Waals surface area contributed by atoms with Gasteiger partial charge < -0.3 is 10.6 Å². The van der Waals surface area contributed by atoms with Crippen LogP contribution < -0.4 is 10.6 Å². The standard InChI is InChI=1S/C7H12N2O3S2/c1-7(9-6(13)8-5-10)2-3-14(11,12)4-7/h5H,2-4H2,1H3,(H2,8,9,10,13). The summed E-state index contributed by atoms with van der Waals surface area (Å²) in [7, 11) is -2.95. The normalized spacial score (nSPS) is 29.5. The van der Waals surface area contributed by atoms with Crippen LogP contribution in [0.3, 0.4) is 0 Å². The molecule has 7 heteroatoms. The largest absolute Gasteiger partial charge is 0.356 e. The average molecular weight is 236 g/mol. The first kappa shape index (κ1) is 11.4. The number of nitrogens with one attached hydrogen (secondary N) is 2. The zero-order valence-electron chi connectivity index (χ0n) is 7.74. The van der Waals surface area contributed by atoms with Crippen molar-refractivity contribution in [3.8, 4) is 0 Å². The second-order valence-corrected chi connectivity index (χ2v) is 6.21. The number of rotatable bonds is 2. The minimum absolute atomic E-state index is 0.0562. The molecule has 0 aliphatic carbocycles. The average Bonchev–Trinajstić information content (AvgIpc) is 2.25. The number of hydrogen-bond donors (Lipinski definition) is 2. The molecule has 0 radical (unpaired) electrons. The summed E-state index contributed by atoms with van der Waals surface area (Å²) < 4.78 is 22.4. The van der Waals surface area contributed by atoms with Crippen LogP contribution in [-0.4, -0.2) is 37.0 Å². The fourth-order valence-corrected chi connectivity index (χ4v) is 3.86. The van der Waals surface area contributed by atoms with Crippen LogP contribution in [0.4, 0.5) is 0 Å². The molecule has 1 rings (SSSR count). The van der Waals surface area contributed by atoms with Crippen LogP contribution in [0.5, 0.6) is 0 Å². The van der Waals surface area contributed by atoms with E-state index in [4.69, 9.17) is 12.2 Å². The molecule has 0 aromatic rings. The molecule has 1 saturated heterocycles. The van der Waals surface area contributed by atoms with Gasteiger partial charge in [0.25, 0.3) is 0 Å². The molecule has 2 N–H and O–H groups in total. The van der Waals surface area contributed by atoms with Crippen LogP contribution in [0, 0.1) is 0 Å². The van der Waals surface area contributed by atoms with Gasteiger partial charge in [-0.15, -0.1) is 0 Å². The van der Waals surface area contributed by atoms with Crippen LogP contribution >= 0.6 is 12.2 Å². The van der Waals surface area contributed by atoms with Gasteiger partial charge in [-0.1, -0.05) is 0 Å². The summed E-state index contributed by atoms with van der Waals surface area (Å²) in [5.41, 5.74) is -0.550. The lowest BCUT2D eigenvalue weighted by Crippen LogP contribution is -2.50. The highest BCUT2D eigenvalue weighted by Crippen LogP contribution is 2.22. The number of sulfone groups is 1. The van der Waals surface area contributed by atoms with Crippen LogP contribution in [-0.2, 0) is 14.6 Å². The van der Waals surface area contributed by atoms with Crippen LogP contribution in [0.15, 0.2) is 0 Å². The lowest BCUT2D eigenvalue weighted by molar-refractivity contribution is -0.108. The Morgan fingerprint density at radius 3 is 2.64 bits per heavy atom. The van der Waals surface area contributed by atoms with E-state index in [2.05, 4.69) is 10.6 Å². The third kappa shape index (κ3) is 2.91. The van der Waals surface area contributed by atoms with Crippen molar-refractivity contribution in [3.05, 3.63) is 0 Å². The van der Waals surface area contributed by atoms with Gasteiger partial charge in [0.2, 0.25) is 6.41 Å². The molecule has 1 aliphatic heterocycles. The van der Waals surface area contributed by atoms with Gasteiger partial charge in [0.15, 0.2) is 14.9 Å². The molecule has 5 nitrogen and oxygen atoms in total. The second kappa shape index (κ2) is 3.82. The number of carbonyl (C=O) groups is 1. The molecule has 1 amide bonds. The van der Waals surface area contributed by atoms with Crippen molar-refractivity contribution in [2.75, 3.05) is 11.5 Å². The van der Waals surface area contributed by atoms with Crippen molar-refractivity contribution in [3.63, 3.8) is 0 Å². The van der Waals surface area contributed by atoms with Gasteiger partial charge in [0, 0.05) is 0 Å². The van der Waals surface area contributed by atoms with E-state index >= 15 is 0 Å². The van der Waals surface area contributed by atoms with Gasteiger partial charge in [0.05, 0.1) is 17.0 Å². The molecule has 80 valence electrons. The smallest absolute Gasteiger partial charge is 0.213 e. The van der Waals surface area contributed by atoms with Crippen molar-refractivity contribution >= 4 is 33.6 Å². The van der Waals surface area contributed by atoms with E-state index < -0.39 is 15.4 Å². The van der Waals surface area contributed by atoms with Gasteiger partial charge in [-0.25, -0.2) is 8.42 Å². The molecule has 1 heterocycles. The van der Waals surface area contributed by atoms with Crippen LogP contribution in [0.1, 0.15) is 13.3 Å². The van der Waals surface area contributed by atoms with Gasteiger partial charge in [-0.3, -0.25) is 4.79 Å². The Morgan fingerprint density at radius 2 is 2.21 bits per heavy atom. The summed E-state index contributed by atoms with van der Waals surface area (Å²) in [5, 5.41) is 5.26. The molecule has 14 heavy (non-hydrogen) atoms. The minimum Gasteiger partial charge on any atom is -0.356 e. The number of thiocarbonyl (C=S) groups is 1. The van der Waals surface area contributed by atoms with Crippen LogP contribution in [0.25, 0.3) is 0 Å². The van der Waals surface area contributed by atoms with E-state index in [1.807, 2.05) is 0 Å². The van der Waals surface area contributed by atoms with Crippen LogP contribution in [0.2, 0.25) is 0 Å². The number of amides is 1. The zero-order valence-corrected chi connectivity index (χ0v) is 9.37. The predicted octanol–water partition coefficient (Wildman–Crippen LogP) is -0.816. The molecule has 1 aliphatic rings. The van der Waals surface area contributed by atoms with E-state index in [9.17, 15) is 13.2 Å². The molecular weight excluding hydrogens is 224 g/mol. The fourth-order valence-electron chi connectivity index (χ4n) is 1.47. The monoisotopic (exact) mass is 236 g/mol. The van der Waals surface area contributed by atoms with Crippen molar-refractivity contribution in [2.45, 2.75) is 18.9 Å². The summed E-state index contributed by atoms with van der Waals surface area (Å²) >= 11 is 4.79. The van der Waals surface area contributed by atoms with Crippen molar-refractivity contribution in [1.82, 2.24) is 10.6 Å². The Balaban J connectivity index is 2.61. The highest BCUT2D eigenvalue weighted by molar-refractivity contribution is 7.91. The minimum atomic E-state index is -2.95. The number of hydrogen-bond acceptors (Lipinski definition) is 4. The molecule has 0 aromatic heterocycles. The fraction of sp³-hybridized carbons (Fsp3) is 0.714. The summed E-state index contributed by atoms with van der Waals surface area (Å²) in [6.07, 6.45) is 0.970. The molecule has 0 aromatic carbocycles. The van der Waals surface area contributed by atoms with Crippen molar-refractivity contribution in [2.24, 2.45) is 0 Å². The third-order valence-electron chi connectivity index (χ3n) is 2.11. The van der Waals surface area contributed by atoms with E-state index in [0.29, 0.717) is 12.8 Å². The van der Waals surface area contributed by atoms with Crippen molar-refractivity contribution < 1.29 is 13.2 Å². The molecule has 0 spiro atoms. The summed E-state index contributed by atoms with van der Waals surface area (Å²) in [6.45, 7) is 1.77. The Morgan fingerprint density at radius 1 is 1.57 bits per heavy atom. The van der Waals surface area contributed by atoms with E-state index in [1.165, 1.54) is 0 Å². The molecule has 0 saturated carbocycles. The van der Waals surface area contributed by atoms with Gasteiger partial charge >= 0.3 is 0 Å². The first-order valence-corrected chi connectivity index (χ1v) is 6.33. The predicted molar refractivity (Wildman–Crippen MR) is 56.6 cm³/mol. The molecule has 1 fully saturated rings. The third-order valence-corrected chi connectivity index (χ3v) is 4.23. The lowest BCUT2D eigenvalue weighted by atomic mass is 10.0. The summed E-state index contributed by atoms with van der Waals surface area (Å²) in [4.78, 5) is 10.1. The van der Waals surface area contributed by atoms with Crippen molar-refractivity contribution in [1.29, 1.82) is 0 Å². The lowest BCUT2D eigenvalue weighted by Gasteiger charge is -2.24. The highest BCUT2D eigenvalue weighted by atomic mass is 32.2. The Kier molecular flexibility index (Phi) is 3.10. The maximum absolute atomic E-state index is 11.2. The molecular formula is C7H12N2O3S2. The maximum atomic E-state index is 11.2. The second-order valence-electron chi connectivity index (χ2n) is 3.62. The molecule has 1 atom stereocenters. The van der Waals surface area contributed by atoms with Gasteiger partial charge in [-0.2, -0.15) is 0 Å². The maximum Gasteiger partial charge on any atom is 0.213 e. The Labute approximate surface area is 88.2 Å². The first-order chi connectivity index (χ1) is 6.37. The summed E-state index contributed by atoms with van der Waals surface area (Å²) in [6, 6.07) is 0. The summed E-state index contributed by atoms with van der Waals surface area (Å²) in [5.74, 6) is 0.223. The topological polar surface area (TPSA) is 75.3 Å². The molecule has 1 unspecified atom stereocenters. The SMILES string of the molecule is CC1(NC(=S)NC=O)CCS(=O)(=O)C1. The zero-order chi connectivity index (χ0) is 10.8. The Bertz CT molecular complexity index is 352. The molecule has 0 bridgehead atoms. The highest BCUT2D eigenvalue weighted by Gasteiger charge is 2.38. The quantitative estimate of drug-likeness (QED) is 0.484. The van der Waals surface area contributed by atoms with Gasteiger partial charge in [-0.05, 0) is 25.6 Å². The van der Waals surface area contributed by atoms with E-state index in [1.54, 1.807) is 6.92 Å². The van der Waals surface area contributed by atoms with E-state index in [-0.39, 0.29) is 16.6 Å².